The topological polar surface area (TPSA) is 0 Å². The molecule has 0 aliphatic heterocycles. The normalized spacial score (nSPS) is 27.5. The number of hydrogen-bond acceptors (Lipinski definition) is 0. The molecule has 0 aromatic rings. The van der Waals surface area contributed by atoms with E-state index < -0.39 is 0 Å². The minimum atomic E-state index is 0.511. The molecular weight excluding hydrogens is 216 g/mol. The van der Waals surface area contributed by atoms with E-state index in [0.29, 0.717) is 10.8 Å². The van der Waals surface area contributed by atoms with Gasteiger partial charge in [0.2, 0.25) is 0 Å². The van der Waals surface area contributed by atoms with Crippen molar-refractivity contribution in [3.05, 3.63) is 0 Å². The Morgan fingerprint density at radius 3 is 1.61 bits per heavy atom. The van der Waals surface area contributed by atoms with Crippen molar-refractivity contribution in [2.45, 2.75) is 97.8 Å². The van der Waals surface area contributed by atoms with Gasteiger partial charge < -0.3 is 0 Å². The van der Waals surface area contributed by atoms with E-state index in [0.717, 1.165) is 5.92 Å². The Morgan fingerprint density at radius 1 is 0.667 bits per heavy atom. The van der Waals surface area contributed by atoms with Gasteiger partial charge in [0, 0.05) is 0 Å². The van der Waals surface area contributed by atoms with Crippen LogP contribution < -0.4 is 0 Å². The number of rotatable bonds is 1. The van der Waals surface area contributed by atoms with Crippen molar-refractivity contribution in [3.8, 4) is 0 Å². The Hall–Kier alpha value is 0. The lowest BCUT2D eigenvalue weighted by Gasteiger charge is -2.53. The molecule has 2 saturated carbocycles. The molecule has 0 heteroatoms. The van der Waals surface area contributed by atoms with Crippen molar-refractivity contribution in [2.24, 2.45) is 16.7 Å². The van der Waals surface area contributed by atoms with E-state index >= 15 is 0 Å². The SMILES string of the molecule is CC(C)(C)C1(C2CCCCCCC2)CCCCC1. The molecule has 0 unspecified atom stereocenters. The minimum absolute atomic E-state index is 0.511. The second-order valence-corrected chi connectivity index (χ2v) is 8.01. The third-order valence-corrected chi connectivity index (χ3v) is 6.13. The predicted octanol–water partition coefficient (Wildman–Crippen LogP) is 6.34. The van der Waals surface area contributed by atoms with Gasteiger partial charge in [0.05, 0.1) is 0 Å². The average Bonchev–Trinajstić information content (AvgIpc) is 2.28. The summed E-state index contributed by atoms with van der Waals surface area (Å²) in [7, 11) is 0. The molecule has 0 atom stereocenters. The molecule has 2 rings (SSSR count). The third kappa shape index (κ3) is 2.94. The molecule has 2 aliphatic carbocycles. The quantitative estimate of drug-likeness (QED) is 0.509. The summed E-state index contributed by atoms with van der Waals surface area (Å²) in [6.07, 6.45) is 18.1. The van der Waals surface area contributed by atoms with Gasteiger partial charge in [-0.2, -0.15) is 0 Å². The predicted molar refractivity (Wildman–Crippen MR) is 80.8 cm³/mol. The van der Waals surface area contributed by atoms with Crippen LogP contribution in [0.2, 0.25) is 0 Å². The van der Waals surface area contributed by atoms with Gasteiger partial charge in [0.1, 0.15) is 0 Å². The van der Waals surface area contributed by atoms with Crippen LogP contribution >= 0.6 is 0 Å². The fourth-order valence-corrected chi connectivity index (χ4v) is 4.96. The van der Waals surface area contributed by atoms with Crippen LogP contribution in [0.1, 0.15) is 97.8 Å². The highest BCUT2D eigenvalue weighted by atomic mass is 14.5. The van der Waals surface area contributed by atoms with E-state index in [1.54, 1.807) is 0 Å². The second kappa shape index (κ2) is 5.97. The Labute approximate surface area is 115 Å². The summed E-state index contributed by atoms with van der Waals surface area (Å²) in [5.74, 6) is 1.03. The van der Waals surface area contributed by atoms with Gasteiger partial charge in [-0.05, 0) is 42.4 Å². The molecule has 0 bridgehead atoms. The Bertz CT molecular complexity index is 231. The number of hydrogen-bond donors (Lipinski definition) is 0. The van der Waals surface area contributed by atoms with Gasteiger partial charge in [0.15, 0.2) is 0 Å². The van der Waals surface area contributed by atoms with E-state index in [9.17, 15) is 0 Å². The Kier molecular flexibility index (Phi) is 4.78. The summed E-state index contributed by atoms with van der Waals surface area (Å²) in [6.45, 7) is 7.57. The van der Waals surface area contributed by atoms with Crippen molar-refractivity contribution < 1.29 is 0 Å². The summed E-state index contributed by atoms with van der Waals surface area (Å²) in [5.41, 5.74) is 1.18. The molecule has 18 heavy (non-hydrogen) atoms. The van der Waals surface area contributed by atoms with Crippen LogP contribution in [-0.2, 0) is 0 Å². The first-order chi connectivity index (χ1) is 8.56. The molecule has 0 aromatic carbocycles. The van der Waals surface area contributed by atoms with Crippen LogP contribution in [0.15, 0.2) is 0 Å². The summed E-state index contributed by atoms with van der Waals surface area (Å²) in [4.78, 5) is 0. The standard InChI is InChI=1S/C18H34/c1-17(2,3)18(14-10-7-11-15-18)16-12-8-5-4-6-9-13-16/h16H,4-15H2,1-3H3. The van der Waals surface area contributed by atoms with Crippen molar-refractivity contribution in [3.63, 3.8) is 0 Å². The average molecular weight is 250 g/mol. The van der Waals surface area contributed by atoms with Crippen molar-refractivity contribution in [2.75, 3.05) is 0 Å². The highest BCUT2D eigenvalue weighted by Gasteiger charge is 2.47. The monoisotopic (exact) mass is 250 g/mol. The fourth-order valence-electron chi connectivity index (χ4n) is 4.96. The van der Waals surface area contributed by atoms with Crippen LogP contribution in [0, 0.1) is 16.7 Å². The molecule has 0 saturated heterocycles. The molecular formula is C18H34. The maximum Gasteiger partial charge on any atom is -0.0221 e. The summed E-state index contributed by atoms with van der Waals surface area (Å²) < 4.78 is 0. The highest BCUT2D eigenvalue weighted by Crippen LogP contribution is 2.57. The largest absolute Gasteiger partial charge is 0.0596 e. The van der Waals surface area contributed by atoms with Gasteiger partial charge >= 0.3 is 0 Å². The van der Waals surface area contributed by atoms with Crippen molar-refractivity contribution >= 4 is 0 Å². The van der Waals surface area contributed by atoms with E-state index in [1.807, 2.05) is 0 Å². The third-order valence-electron chi connectivity index (χ3n) is 6.13. The summed E-state index contributed by atoms with van der Waals surface area (Å²) in [6, 6.07) is 0. The first-order valence-electron chi connectivity index (χ1n) is 8.56. The molecule has 0 nitrogen and oxygen atoms in total. The van der Waals surface area contributed by atoms with E-state index in [-0.39, 0.29) is 0 Å². The van der Waals surface area contributed by atoms with Crippen LogP contribution in [-0.4, -0.2) is 0 Å². The zero-order valence-corrected chi connectivity index (χ0v) is 13.1. The Morgan fingerprint density at radius 2 is 1.11 bits per heavy atom. The lowest BCUT2D eigenvalue weighted by Crippen LogP contribution is -2.44. The smallest absolute Gasteiger partial charge is 0.0221 e. The maximum atomic E-state index is 2.52. The molecule has 0 aromatic heterocycles. The van der Waals surface area contributed by atoms with E-state index in [2.05, 4.69) is 20.8 Å². The van der Waals surface area contributed by atoms with Crippen molar-refractivity contribution in [1.82, 2.24) is 0 Å². The van der Waals surface area contributed by atoms with Gasteiger partial charge in [-0.3, -0.25) is 0 Å². The maximum absolute atomic E-state index is 2.52. The van der Waals surface area contributed by atoms with Gasteiger partial charge in [-0.1, -0.05) is 72.1 Å². The molecule has 0 radical (unpaired) electrons. The molecule has 0 spiro atoms. The first-order valence-corrected chi connectivity index (χ1v) is 8.56. The summed E-state index contributed by atoms with van der Waals surface area (Å²) >= 11 is 0. The van der Waals surface area contributed by atoms with Crippen LogP contribution in [0.5, 0.6) is 0 Å². The zero-order valence-electron chi connectivity index (χ0n) is 13.1. The summed E-state index contributed by atoms with van der Waals surface area (Å²) in [5, 5.41) is 0. The molecule has 2 fully saturated rings. The van der Waals surface area contributed by atoms with Crippen LogP contribution in [0.4, 0.5) is 0 Å². The van der Waals surface area contributed by atoms with Gasteiger partial charge in [-0.25, -0.2) is 0 Å². The molecule has 106 valence electrons. The minimum Gasteiger partial charge on any atom is -0.0596 e. The Balaban J connectivity index is 2.15. The van der Waals surface area contributed by atoms with E-state index in [1.165, 1.54) is 77.0 Å². The van der Waals surface area contributed by atoms with Crippen LogP contribution in [0.3, 0.4) is 0 Å². The van der Waals surface area contributed by atoms with Gasteiger partial charge in [-0.15, -0.1) is 0 Å². The van der Waals surface area contributed by atoms with Crippen molar-refractivity contribution in [1.29, 1.82) is 0 Å². The second-order valence-electron chi connectivity index (χ2n) is 8.01. The molecule has 0 amide bonds. The lowest BCUT2D eigenvalue weighted by molar-refractivity contribution is -0.0338. The highest BCUT2D eigenvalue weighted by molar-refractivity contribution is 4.97. The van der Waals surface area contributed by atoms with E-state index in [4.69, 9.17) is 0 Å². The molecule has 0 heterocycles. The van der Waals surface area contributed by atoms with Crippen LogP contribution in [0.25, 0.3) is 0 Å². The molecule has 0 N–H and O–H groups in total. The lowest BCUT2D eigenvalue weighted by atomic mass is 9.52. The fraction of sp³-hybridized carbons (Fsp3) is 1.00. The molecule has 2 aliphatic rings. The first kappa shape index (κ1) is 14.4. The zero-order chi connectivity index (χ0) is 13.1. The van der Waals surface area contributed by atoms with Gasteiger partial charge in [0.25, 0.3) is 0 Å².